The van der Waals surface area contributed by atoms with Gasteiger partial charge in [-0.05, 0) is 12.8 Å². The largest absolute Gasteiger partial charge is 0.368 e. The molecule has 0 aliphatic carbocycles. The van der Waals surface area contributed by atoms with Gasteiger partial charge in [0.25, 0.3) is 0 Å². The molecular formula is C11H20N2O2. The molecule has 15 heavy (non-hydrogen) atoms. The van der Waals surface area contributed by atoms with E-state index in [9.17, 15) is 9.59 Å². The minimum Gasteiger partial charge on any atom is -0.368 e. The predicted molar refractivity (Wildman–Crippen MR) is 60.1 cm³/mol. The average molecular weight is 212 g/mol. The summed E-state index contributed by atoms with van der Waals surface area (Å²) in [6.45, 7) is 7.55. The molecule has 0 aliphatic rings. The van der Waals surface area contributed by atoms with E-state index in [1.54, 1.807) is 0 Å². The maximum absolute atomic E-state index is 11.5. The van der Waals surface area contributed by atoms with Crippen molar-refractivity contribution >= 4 is 11.8 Å². The molecule has 0 rings (SSSR count). The average Bonchev–Trinajstić information content (AvgIpc) is 2.17. The van der Waals surface area contributed by atoms with Crippen LogP contribution in [-0.2, 0) is 9.59 Å². The van der Waals surface area contributed by atoms with E-state index in [1.165, 1.54) is 0 Å². The summed E-state index contributed by atoms with van der Waals surface area (Å²) in [5.74, 6) is -0.761. The van der Waals surface area contributed by atoms with Crippen LogP contribution in [-0.4, -0.2) is 17.9 Å². The number of primary amides is 1. The molecular weight excluding hydrogens is 192 g/mol. The second-order valence-corrected chi connectivity index (χ2v) is 3.57. The van der Waals surface area contributed by atoms with Crippen molar-refractivity contribution in [3.05, 3.63) is 12.2 Å². The highest BCUT2D eigenvalue weighted by molar-refractivity contribution is 5.96. The maximum atomic E-state index is 11.5. The number of carbonyl (C=O) groups excluding carboxylic acids is 2. The molecule has 0 aromatic heterocycles. The van der Waals surface area contributed by atoms with Crippen molar-refractivity contribution in [2.24, 2.45) is 5.73 Å². The SMILES string of the molecule is C=C(CCC)C(=O)NC(CCC)C(N)=O. The molecule has 3 N–H and O–H groups in total. The molecule has 2 amide bonds. The van der Waals surface area contributed by atoms with Gasteiger partial charge >= 0.3 is 0 Å². The smallest absolute Gasteiger partial charge is 0.247 e. The highest BCUT2D eigenvalue weighted by Crippen LogP contribution is 2.03. The van der Waals surface area contributed by atoms with Crippen LogP contribution in [0.5, 0.6) is 0 Å². The van der Waals surface area contributed by atoms with Gasteiger partial charge in [0, 0.05) is 5.57 Å². The molecule has 86 valence electrons. The van der Waals surface area contributed by atoms with Gasteiger partial charge in [-0.1, -0.05) is 33.3 Å². The second-order valence-electron chi connectivity index (χ2n) is 3.57. The zero-order valence-electron chi connectivity index (χ0n) is 9.51. The van der Waals surface area contributed by atoms with E-state index in [1.807, 2.05) is 13.8 Å². The molecule has 0 aromatic rings. The molecule has 0 saturated heterocycles. The Morgan fingerprint density at radius 1 is 1.33 bits per heavy atom. The van der Waals surface area contributed by atoms with Crippen LogP contribution >= 0.6 is 0 Å². The van der Waals surface area contributed by atoms with Crippen LogP contribution < -0.4 is 11.1 Å². The van der Waals surface area contributed by atoms with Gasteiger partial charge in [0.15, 0.2) is 0 Å². The van der Waals surface area contributed by atoms with Crippen LogP contribution in [0.3, 0.4) is 0 Å². The van der Waals surface area contributed by atoms with Crippen molar-refractivity contribution < 1.29 is 9.59 Å². The summed E-state index contributed by atoms with van der Waals surface area (Å²) in [4.78, 5) is 22.5. The number of nitrogens with one attached hydrogen (secondary N) is 1. The van der Waals surface area contributed by atoms with Gasteiger partial charge in [0.05, 0.1) is 0 Å². The first-order valence-electron chi connectivity index (χ1n) is 5.30. The first-order valence-corrected chi connectivity index (χ1v) is 5.30. The van der Waals surface area contributed by atoms with Crippen molar-refractivity contribution in [2.75, 3.05) is 0 Å². The Kier molecular flexibility index (Phi) is 6.42. The summed E-state index contributed by atoms with van der Waals surface area (Å²) < 4.78 is 0. The van der Waals surface area contributed by atoms with Crippen LogP contribution in [0.2, 0.25) is 0 Å². The topological polar surface area (TPSA) is 72.2 Å². The van der Waals surface area contributed by atoms with E-state index >= 15 is 0 Å². The Balaban J connectivity index is 4.22. The molecule has 0 aliphatic heterocycles. The van der Waals surface area contributed by atoms with Gasteiger partial charge < -0.3 is 11.1 Å². The minimum atomic E-state index is -0.573. The van der Waals surface area contributed by atoms with Gasteiger partial charge in [-0.25, -0.2) is 0 Å². The highest BCUT2D eigenvalue weighted by Gasteiger charge is 2.17. The molecule has 0 heterocycles. The van der Waals surface area contributed by atoms with E-state index in [4.69, 9.17) is 5.73 Å². The predicted octanol–water partition coefficient (Wildman–Crippen LogP) is 1.11. The van der Waals surface area contributed by atoms with Crippen molar-refractivity contribution in [3.8, 4) is 0 Å². The second kappa shape index (κ2) is 7.04. The number of nitrogens with two attached hydrogens (primary N) is 1. The fourth-order valence-electron chi connectivity index (χ4n) is 1.25. The lowest BCUT2D eigenvalue weighted by molar-refractivity contribution is -0.125. The lowest BCUT2D eigenvalue weighted by Gasteiger charge is -2.15. The molecule has 1 atom stereocenters. The van der Waals surface area contributed by atoms with Crippen LogP contribution in [0.15, 0.2) is 12.2 Å². The lowest BCUT2D eigenvalue weighted by atomic mass is 10.1. The summed E-state index contributed by atoms with van der Waals surface area (Å²) in [6, 6.07) is -0.573. The van der Waals surface area contributed by atoms with E-state index in [0.717, 1.165) is 12.8 Å². The lowest BCUT2D eigenvalue weighted by Crippen LogP contribution is -2.44. The molecule has 4 nitrogen and oxygen atoms in total. The van der Waals surface area contributed by atoms with Gasteiger partial charge in [-0.2, -0.15) is 0 Å². The summed E-state index contributed by atoms with van der Waals surface area (Å²) >= 11 is 0. The van der Waals surface area contributed by atoms with Gasteiger partial charge in [0.1, 0.15) is 6.04 Å². The number of rotatable bonds is 7. The van der Waals surface area contributed by atoms with Gasteiger partial charge in [-0.15, -0.1) is 0 Å². The van der Waals surface area contributed by atoms with Gasteiger partial charge in [-0.3, -0.25) is 9.59 Å². The quantitative estimate of drug-likeness (QED) is 0.620. The van der Waals surface area contributed by atoms with Crippen molar-refractivity contribution in [1.29, 1.82) is 0 Å². The first kappa shape index (κ1) is 13.7. The summed E-state index contributed by atoms with van der Waals surface area (Å²) in [5, 5.41) is 2.59. The Bertz CT molecular complexity index is 249. The zero-order valence-corrected chi connectivity index (χ0v) is 9.51. The Hall–Kier alpha value is -1.32. The third-order valence-electron chi connectivity index (χ3n) is 2.10. The van der Waals surface area contributed by atoms with Gasteiger partial charge in [0.2, 0.25) is 11.8 Å². The number of carbonyl (C=O) groups is 2. The van der Waals surface area contributed by atoms with Crippen LogP contribution in [0.4, 0.5) is 0 Å². The van der Waals surface area contributed by atoms with E-state index in [-0.39, 0.29) is 5.91 Å². The van der Waals surface area contributed by atoms with Crippen molar-refractivity contribution in [2.45, 2.75) is 45.6 Å². The summed E-state index contributed by atoms with van der Waals surface area (Å²) in [7, 11) is 0. The third-order valence-corrected chi connectivity index (χ3v) is 2.10. The molecule has 0 bridgehead atoms. The first-order chi connectivity index (χ1) is 7.02. The normalized spacial score (nSPS) is 11.9. The number of hydrogen-bond acceptors (Lipinski definition) is 2. The molecule has 0 radical (unpaired) electrons. The standard InChI is InChI=1S/C11H20N2O2/c1-4-6-8(3)11(15)13-9(7-5-2)10(12)14/h9H,3-7H2,1-2H3,(H2,12,14)(H,13,15). The molecule has 0 aromatic carbocycles. The molecule has 0 spiro atoms. The number of hydrogen-bond donors (Lipinski definition) is 2. The Morgan fingerprint density at radius 3 is 2.33 bits per heavy atom. The third kappa shape index (κ3) is 5.20. The molecule has 0 saturated carbocycles. The van der Waals surface area contributed by atoms with E-state index in [2.05, 4.69) is 11.9 Å². The van der Waals surface area contributed by atoms with Crippen molar-refractivity contribution in [1.82, 2.24) is 5.32 Å². The van der Waals surface area contributed by atoms with Crippen LogP contribution in [0, 0.1) is 0 Å². The monoisotopic (exact) mass is 212 g/mol. The molecule has 0 fully saturated rings. The highest BCUT2D eigenvalue weighted by atomic mass is 16.2. The van der Waals surface area contributed by atoms with E-state index in [0.29, 0.717) is 18.4 Å². The fourth-order valence-corrected chi connectivity index (χ4v) is 1.25. The Morgan fingerprint density at radius 2 is 1.93 bits per heavy atom. The summed E-state index contributed by atoms with van der Waals surface area (Å²) in [6.07, 6.45) is 2.87. The van der Waals surface area contributed by atoms with Crippen LogP contribution in [0.1, 0.15) is 39.5 Å². The maximum Gasteiger partial charge on any atom is 0.247 e. The fraction of sp³-hybridized carbons (Fsp3) is 0.636. The summed E-state index contributed by atoms with van der Waals surface area (Å²) in [5.41, 5.74) is 5.66. The Labute approximate surface area is 90.9 Å². The zero-order chi connectivity index (χ0) is 11.8. The number of amides is 2. The van der Waals surface area contributed by atoms with Crippen molar-refractivity contribution in [3.63, 3.8) is 0 Å². The van der Waals surface area contributed by atoms with E-state index < -0.39 is 11.9 Å². The molecule has 1 unspecified atom stereocenters. The molecule has 4 heteroatoms. The minimum absolute atomic E-state index is 0.269. The van der Waals surface area contributed by atoms with Crippen LogP contribution in [0.25, 0.3) is 0 Å².